The first kappa shape index (κ1) is 19.4. The number of ether oxygens (including phenoxy) is 1. The van der Waals surface area contributed by atoms with Gasteiger partial charge in [-0.25, -0.2) is 14.9 Å². The van der Waals surface area contributed by atoms with Crippen molar-refractivity contribution < 1.29 is 18.6 Å². The number of aliphatic imine (C=N–C) groups is 1. The summed E-state index contributed by atoms with van der Waals surface area (Å²) in [6.07, 6.45) is 2.45. The van der Waals surface area contributed by atoms with Crippen LogP contribution in [-0.4, -0.2) is 61.1 Å². The zero-order chi connectivity index (χ0) is 18.5. The second-order valence-corrected chi connectivity index (χ2v) is 7.81. The van der Waals surface area contributed by atoms with Gasteiger partial charge in [0.25, 0.3) is 8.53 Å². The molecule has 1 aromatic heterocycles. The van der Waals surface area contributed by atoms with E-state index in [1.807, 2.05) is 19.2 Å². The van der Waals surface area contributed by atoms with Crippen LogP contribution in [0.25, 0.3) is 0 Å². The first-order chi connectivity index (χ1) is 12.7. The number of nitrogens with one attached hydrogen (secondary N) is 1. The minimum absolute atomic E-state index is 0.0946. The molecule has 0 spiro atoms. The molecular weight excluding hydrogens is 375 g/mol. The number of rotatable bonds is 8. The van der Waals surface area contributed by atoms with Crippen LogP contribution < -0.4 is 5.09 Å². The molecule has 142 valence electrons. The zero-order valence-electron chi connectivity index (χ0n) is 15.1. The molecule has 1 N–H and O–H groups in total. The van der Waals surface area contributed by atoms with Crippen molar-refractivity contribution in [2.75, 3.05) is 33.4 Å². The van der Waals surface area contributed by atoms with Gasteiger partial charge in [-0.15, -0.1) is 11.3 Å². The fourth-order valence-electron chi connectivity index (χ4n) is 2.97. The number of aromatic nitrogens is 1. The number of hydrogen-bond donors (Lipinski definition) is 1. The zero-order valence-corrected chi connectivity index (χ0v) is 16.8. The molecule has 2 aliphatic heterocycles. The number of hydrogen-bond acceptors (Lipinski definition) is 9. The molecular formula is C16H23N4O4PS. The van der Waals surface area contributed by atoms with Crippen molar-refractivity contribution >= 4 is 31.7 Å². The summed E-state index contributed by atoms with van der Waals surface area (Å²) in [5, 5.41) is 6.21. The van der Waals surface area contributed by atoms with Crippen molar-refractivity contribution in [2.24, 2.45) is 4.99 Å². The molecule has 1 aromatic rings. The molecule has 3 heterocycles. The molecule has 1 unspecified atom stereocenters. The van der Waals surface area contributed by atoms with Gasteiger partial charge in [0, 0.05) is 36.3 Å². The van der Waals surface area contributed by atoms with E-state index in [0.29, 0.717) is 38.3 Å². The predicted octanol–water partition coefficient (Wildman–Crippen LogP) is 2.29. The summed E-state index contributed by atoms with van der Waals surface area (Å²) in [6, 6.07) is 0.0946. The number of fused-ring (bicyclic) bond motifs is 1. The van der Waals surface area contributed by atoms with E-state index in [2.05, 4.69) is 20.0 Å². The molecule has 8 nitrogen and oxygen atoms in total. The summed E-state index contributed by atoms with van der Waals surface area (Å²) in [5.41, 5.74) is 1.55. The van der Waals surface area contributed by atoms with E-state index in [-0.39, 0.29) is 12.0 Å². The number of methoxy groups -OCH3 is 1. The van der Waals surface area contributed by atoms with Crippen LogP contribution >= 0.6 is 19.9 Å². The molecule has 0 aromatic carbocycles. The highest BCUT2D eigenvalue weighted by atomic mass is 32.1. The van der Waals surface area contributed by atoms with Gasteiger partial charge in [0.15, 0.2) is 10.8 Å². The second kappa shape index (κ2) is 9.01. The average molecular weight is 398 g/mol. The van der Waals surface area contributed by atoms with Crippen molar-refractivity contribution in [3.63, 3.8) is 0 Å². The molecule has 2 aliphatic rings. The van der Waals surface area contributed by atoms with Gasteiger partial charge >= 0.3 is 5.97 Å². The Kier molecular flexibility index (Phi) is 6.72. The van der Waals surface area contributed by atoms with Crippen molar-refractivity contribution in [1.82, 2.24) is 15.0 Å². The maximum atomic E-state index is 12.2. The summed E-state index contributed by atoms with van der Waals surface area (Å²) in [7, 11) is 0.237. The van der Waals surface area contributed by atoms with Crippen molar-refractivity contribution in [2.45, 2.75) is 26.3 Å². The van der Waals surface area contributed by atoms with Gasteiger partial charge in [-0.05, 0) is 13.8 Å². The summed E-state index contributed by atoms with van der Waals surface area (Å²) >= 11 is 1.54. The van der Waals surface area contributed by atoms with Gasteiger partial charge < -0.3 is 18.7 Å². The summed E-state index contributed by atoms with van der Waals surface area (Å²) in [5.74, 6) is 0.480. The molecule has 1 atom stereocenters. The maximum absolute atomic E-state index is 12.2. The van der Waals surface area contributed by atoms with Crippen LogP contribution in [0.4, 0.5) is 0 Å². The highest BCUT2D eigenvalue weighted by molar-refractivity contribution is 7.45. The topological polar surface area (TPSA) is 85.3 Å². The van der Waals surface area contributed by atoms with Crippen molar-refractivity contribution in [3.8, 4) is 0 Å². The third kappa shape index (κ3) is 4.13. The number of esters is 1. The Morgan fingerprint density at radius 2 is 2.19 bits per heavy atom. The molecule has 0 bridgehead atoms. The Hall–Kier alpha value is -1.38. The minimum atomic E-state index is -1.16. The average Bonchev–Trinajstić information content (AvgIpc) is 3.30. The van der Waals surface area contributed by atoms with Crippen LogP contribution in [0.3, 0.4) is 0 Å². The first-order valence-electron chi connectivity index (χ1n) is 8.52. The quantitative estimate of drug-likeness (QED) is 0.531. The first-order valence-corrected chi connectivity index (χ1v) is 10.6. The number of thiazole rings is 1. The summed E-state index contributed by atoms with van der Waals surface area (Å²) in [4.78, 5) is 23.2. The third-order valence-electron chi connectivity index (χ3n) is 4.00. The summed E-state index contributed by atoms with van der Waals surface area (Å²) < 4.78 is 16.3. The Morgan fingerprint density at radius 3 is 2.81 bits per heavy atom. The Bertz CT molecular complexity index is 688. The molecule has 3 rings (SSSR count). The number of nitrogens with zero attached hydrogens (tertiary/aromatic N) is 3. The fourth-order valence-corrected chi connectivity index (χ4v) is 4.79. The van der Waals surface area contributed by atoms with E-state index in [0.717, 1.165) is 16.5 Å². The van der Waals surface area contributed by atoms with Gasteiger partial charge in [-0.1, -0.05) is 0 Å². The second-order valence-electron chi connectivity index (χ2n) is 5.63. The number of carbonyl (C=O) groups excluding carboxylic acids is 1. The summed E-state index contributed by atoms with van der Waals surface area (Å²) in [6.45, 7) is 6.03. The SMILES string of the molecule is CCOP(NC1CC2=C(C(=O)OC)CN=C(c3nccs3)N2C1)OCC. The number of amidine groups is 1. The Morgan fingerprint density at radius 1 is 1.42 bits per heavy atom. The van der Waals surface area contributed by atoms with Crippen LogP contribution in [0.2, 0.25) is 0 Å². The Labute approximate surface area is 158 Å². The minimum Gasteiger partial charge on any atom is -0.466 e. The van der Waals surface area contributed by atoms with Crippen LogP contribution in [0.15, 0.2) is 27.8 Å². The smallest absolute Gasteiger partial charge is 0.337 e. The van der Waals surface area contributed by atoms with E-state index in [4.69, 9.17) is 13.8 Å². The molecule has 1 saturated heterocycles. The Balaban J connectivity index is 1.82. The van der Waals surface area contributed by atoms with E-state index < -0.39 is 8.53 Å². The van der Waals surface area contributed by atoms with Gasteiger partial charge in [0.1, 0.15) is 0 Å². The lowest BCUT2D eigenvalue weighted by Crippen LogP contribution is -2.36. The van der Waals surface area contributed by atoms with E-state index in [1.54, 1.807) is 6.20 Å². The molecule has 0 radical (unpaired) electrons. The van der Waals surface area contributed by atoms with Crippen LogP contribution in [0.1, 0.15) is 25.3 Å². The largest absolute Gasteiger partial charge is 0.466 e. The molecule has 0 aliphatic carbocycles. The van der Waals surface area contributed by atoms with Gasteiger partial charge in [0.2, 0.25) is 0 Å². The lowest BCUT2D eigenvalue weighted by molar-refractivity contribution is -0.136. The van der Waals surface area contributed by atoms with E-state index >= 15 is 0 Å². The standard InChI is InChI=1S/C16H23N4O4PS/c1-4-23-25(24-5-2)19-11-8-13-12(16(21)22-3)9-18-14(20(13)10-11)15-17-6-7-26-15/h6-7,11,19H,4-5,8-10H2,1-3H3. The normalized spacial score (nSPS) is 19.8. The van der Waals surface area contributed by atoms with E-state index in [1.165, 1.54) is 18.4 Å². The van der Waals surface area contributed by atoms with Gasteiger partial charge in [-0.3, -0.25) is 4.99 Å². The van der Waals surface area contributed by atoms with Crippen molar-refractivity contribution in [1.29, 1.82) is 0 Å². The highest BCUT2D eigenvalue weighted by Crippen LogP contribution is 2.38. The predicted molar refractivity (Wildman–Crippen MR) is 101 cm³/mol. The van der Waals surface area contributed by atoms with Gasteiger partial charge in [0.05, 0.1) is 32.4 Å². The molecule has 0 amide bonds. The number of carbonyl (C=O) groups is 1. The molecule has 1 fully saturated rings. The van der Waals surface area contributed by atoms with Crippen LogP contribution in [0, 0.1) is 0 Å². The van der Waals surface area contributed by atoms with E-state index in [9.17, 15) is 4.79 Å². The molecule has 10 heteroatoms. The molecule has 0 saturated carbocycles. The van der Waals surface area contributed by atoms with Gasteiger partial charge in [-0.2, -0.15) is 0 Å². The maximum Gasteiger partial charge on any atom is 0.337 e. The van der Waals surface area contributed by atoms with Crippen LogP contribution in [-0.2, 0) is 18.6 Å². The van der Waals surface area contributed by atoms with Crippen molar-refractivity contribution in [3.05, 3.63) is 27.9 Å². The lowest BCUT2D eigenvalue weighted by Gasteiger charge is -2.26. The van der Waals surface area contributed by atoms with Crippen LogP contribution in [0.5, 0.6) is 0 Å². The molecule has 26 heavy (non-hydrogen) atoms. The fraction of sp³-hybridized carbons (Fsp3) is 0.562. The monoisotopic (exact) mass is 398 g/mol. The lowest BCUT2D eigenvalue weighted by atomic mass is 10.1. The highest BCUT2D eigenvalue weighted by Gasteiger charge is 2.38. The third-order valence-corrected chi connectivity index (χ3v) is 6.33.